The molecular weight excluding hydrogens is 550 g/mol. The number of nitrogens with one attached hydrogen (secondary N) is 1. The van der Waals surface area contributed by atoms with Crippen LogP contribution in [0.15, 0.2) is 83.8 Å². The van der Waals surface area contributed by atoms with Crippen LogP contribution in [0.4, 0.5) is 5.69 Å². The Morgan fingerprint density at radius 2 is 1.57 bits per heavy atom. The second-order valence-electron chi connectivity index (χ2n) is 9.39. The molecule has 214 valence electrons. The van der Waals surface area contributed by atoms with Gasteiger partial charge in [-0.2, -0.15) is 0 Å². The van der Waals surface area contributed by atoms with Gasteiger partial charge in [-0.3, -0.25) is 13.9 Å². The molecule has 0 saturated heterocycles. The lowest BCUT2D eigenvalue weighted by Gasteiger charge is -2.34. The van der Waals surface area contributed by atoms with E-state index >= 15 is 0 Å². The Balaban J connectivity index is 2.10. The Bertz CT molecular complexity index is 1390. The predicted octanol–water partition coefficient (Wildman–Crippen LogP) is 5.27. The summed E-state index contributed by atoms with van der Waals surface area (Å²) in [5, 5.41) is 3.24. The van der Waals surface area contributed by atoms with Gasteiger partial charge >= 0.3 is 0 Å². The largest absolute Gasteiger partial charge is 0.495 e. The minimum Gasteiger partial charge on any atom is -0.495 e. The van der Waals surface area contributed by atoms with Crippen LogP contribution in [0.2, 0.25) is 5.02 Å². The second-order valence-corrected chi connectivity index (χ2v) is 11.7. The van der Waals surface area contributed by atoms with E-state index in [9.17, 15) is 18.0 Å². The van der Waals surface area contributed by atoms with Crippen molar-refractivity contribution in [1.82, 2.24) is 10.2 Å². The van der Waals surface area contributed by atoms with E-state index in [1.807, 2.05) is 51.1 Å². The Morgan fingerprint density at radius 3 is 2.15 bits per heavy atom. The number of benzene rings is 3. The number of ether oxygens (including phenoxy) is 1. The first-order chi connectivity index (χ1) is 19.1. The molecule has 3 rings (SSSR count). The van der Waals surface area contributed by atoms with Gasteiger partial charge in [-0.1, -0.05) is 74.0 Å². The van der Waals surface area contributed by atoms with E-state index < -0.39 is 28.5 Å². The Morgan fingerprint density at radius 1 is 0.950 bits per heavy atom. The van der Waals surface area contributed by atoms with Gasteiger partial charge in [-0.25, -0.2) is 8.42 Å². The van der Waals surface area contributed by atoms with Crippen molar-refractivity contribution in [3.8, 4) is 5.75 Å². The van der Waals surface area contributed by atoms with E-state index in [2.05, 4.69) is 5.32 Å². The van der Waals surface area contributed by atoms with Crippen molar-refractivity contribution in [2.45, 2.75) is 57.1 Å². The van der Waals surface area contributed by atoms with Crippen LogP contribution in [0.25, 0.3) is 0 Å². The Hall–Kier alpha value is -3.56. The van der Waals surface area contributed by atoms with Crippen LogP contribution < -0.4 is 14.4 Å². The number of methoxy groups -OCH3 is 1. The van der Waals surface area contributed by atoms with Crippen LogP contribution in [0.3, 0.4) is 0 Å². The first-order valence-electron chi connectivity index (χ1n) is 13.2. The van der Waals surface area contributed by atoms with Crippen molar-refractivity contribution in [2.24, 2.45) is 0 Å². The summed E-state index contributed by atoms with van der Waals surface area (Å²) in [5.74, 6) is -0.608. The fourth-order valence-corrected chi connectivity index (χ4v) is 5.84. The van der Waals surface area contributed by atoms with Crippen LogP contribution in [0.5, 0.6) is 5.75 Å². The monoisotopic (exact) mass is 585 g/mol. The van der Waals surface area contributed by atoms with Crippen molar-refractivity contribution in [3.63, 3.8) is 0 Å². The first kappa shape index (κ1) is 31.0. The standard InChI is InChI=1S/C30H36ClN3O5S/c1-5-22(3)32-30(36)26(6-2)33(20-23-13-9-7-10-14-23)29(35)21-34(27-19-24(31)17-18-28(27)39-4)40(37,38)25-15-11-8-12-16-25/h7-19,22,26H,5-6,20-21H2,1-4H3,(H,32,36)/t22-,26+/m1/s1. The van der Waals surface area contributed by atoms with Crippen molar-refractivity contribution in [3.05, 3.63) is 89.4 Å². The van der Waals surface area contributed by atoms with Crippen LogP contribution >= 0.6 is 11.6 Å². The van der Waals surface area contributed by atoms with Gasteiger partial charge in [0, 0.05) is 17.6 Å². The number of nitrogens with zero attached hydrogens (tertiary/aromatic N) is 2. The zero-order chi connectivity index (χ0) is 29.3. The molecule has 3 aromatic carbocycles. The lowest BCUT2D eigenvalue weighted by molar-refractivity contribution is -0.140. The normalized spacial score (nSPS) is 12.7. The molecule has 0 aliphatic carbocycles. The quantitative estimate of drug-likeness (QED) is 0.295. The van der Waals surface area contributed by atoms with Gasteiger partial charge in [0.1, 0.15) is 18.3 Å². The van der Waals surface area contributed by atoms with Gasteiger partial charge in [0.15, 0.2) is 0 Å². The molecule has 0 spiro atoms. The third-order valence-corrected chi connectivity index (χ3v) is 8.61. The molecule has 2 atom stereocenters. The molecule has 8 nitrogen and oxygen atoms in total. The van der Waals surface area contributed by atoms with Crippen molar-refractivity contribution < 1.29 is 22.7 Å². The summed E-state index contributed by atoms with van der Waals surface area (Å²) in [5.41, 5.74) is 0.924. The van der Waals surface area contributed by atoms with E-state index in [1.54, 1.807) is 30.3 Å². The lowest BCUT2D eigenvalue weighted by atomic mass is 10.1. The van der Waals surface area contributed by atoms with Gasteiger partial charge in [-0.05, 0) is 55.7 Å². The summed E-state index contributed by atoms with van der Waals surface area (Å²) in [6, 6.07) is 20.8. The average Bonchev–Trinajstić information content (AvgIpc) is 2.96. The zero-order valence-corrected chi connectivity index (χ0v) is 24.8. The number of rotatable bonds is 13. The van der Waals surface area contributed by atoms with E-state index in [0.717, 1.165) is 16.3 Å². The molecule has 0 fully saturated rings. The Labute approximate surface area is 241 Å². The fraction of sp³-hybridized carbons (Fsp3) is 0.333. The molecule has 0 bridgehead atoms. The second kappa shape index (κ2) is 14.2. The molecule has 0 aromatic heterocycles. The molecule has 0 radical (unpaired) electrons. The average molecular weight is 586 g/mol. The molecule has 0 aliphatic rings. The van der Waals surface area contributed by atoms with Gasteiger partial charge in [-0.15, -0.1) is 0 Å². The number of hydrogen-bond donors (Lipinski definition) is 1. The molecular formula is C30H36ClN3O5S. The molecule has 1 N–H and O–H groups in total. The van der Waals surface area contributed by atoms with Crippen LogP contribution in [0, 0.1) is 0 Å². The van der Waals surface area contributed by atoms with Gasteiger partial charge in [0.2, 0.25) is 11.8 Å². The van der Waals surface area contributed by atoms with E-state index in [0.29, 0.717) is 6.42 Å². The number of anilines is 1. The molecule has 0 saturated carbocycles. The number of halogens is 1. The van der Waals surface area contributed by atoms with Crippen LogP contribution in [-0.2, 0) is 26.2 Å². The summed E-state index contributed by atoms with van der Waals surface area (Å²) < 4.78 is 34.4. The highest BCUT2D eigenvalue weighted by molar-refractivity contribution is 7.92. The van der Waals surface area contributed by atoms with Crippen molar-refractivity contribution in [1.29, 1.82) is 0 Å². The maximum absolute atomic E-state index is 14.1. The highest BCUT2D eigenvalue weighted by Gasteiger charge is 2.35. The summed E-state index contributed by atoms with van der Waals surface area (Å²) >= 11 is 6.27. The summed E-state index contributed by atoms with van der Waals surface area (Å²) in [4.78, 5) is 28.9. The minimum atomic E-state index is -4.23. The third-order valence-electron chi connectivity index (χ3n) is 6.60. The van der Waals surface area contributed by atoms with Crippen LogP contribution in [0.1, 0.15) is 39.2 Å². The van der Waals surface area contributed by atoms with Gasteiger partial charge < -0.3 is 15.0 Å². The summed E-state index contributed by atoms with van der Waals surface area (Å²) in [6.07, 6.45) is 1.07. The van der Waals surface area contributed by atoms with Crippen LogP contribution in [-0.4, -0.2) is 50.9 Å². The predicted molar refractivity (Wildman–Crippen MR) is 158 cm³/mol. The zero-order valence-electron chi connectivity index (χ0n) is 23.2. The fourth-order valence-electron chi connectivity index (χ4n) is 4.23. The summed E-state index contributed by atoms with van der Waals surface area (Å²) in [7, 11) is -2.82. The Kier molecular flexibility index (Phi) is 11.0. The SMILES string of the molecule is CC[C@@H](C)NC(=O)[C@H](CC)N(Cc1ccccc1)C(=O)CN(c1cc(Cl)ccc1OC)S(=O)(=O)c1ccccc1. The number of sulfonamides is 1. The molecule has 0 unspecified atom stereocenters. The molecule has 0 aliphatic heterocycles. The molecule has 3 aromatic rings. The first-order valence-corrected chi connectivity index (χ1v) is 15.0. The highest BCUT2D eigenvalue weighted by atomic mass is 35.5. The lowest BCUT2D eigenvalue weighted by Crippen LogP contribution is -2.53. The summed E-state index contributed by atoms with van der Waals surface area (Å²) in [6.45, 7) is 5.23. The maximum atomic E-state index is 14.1. The van der Waals surface area contributed by atoms with E-state index in [1.165, 1.54) is 30.2 Å². The minimum absolute atomic E-state index is 0.000920. The molecule has 0 heterocycles. The van der Waals surface area contributed by atoms with Gasteiger partial charge in [0.25, 0.3) is 10.0 Å². The van der Waals surface area contributed by atoms with Crippen molar-refractivity contribution in [2.75, 3.05) is 18.0 Å². The van der Waals surface area contributed by atoms with E-state index in [4.69, 9.17) is 16.3 Å². The maximum Gasteiger partial charge on any atom is 0.264 e. The smallest absolute Gasteiger partial charge is 0.264 e. The molecule has 10 heteroatoms. The number of carbonyl (C=O) groups excluding carboxylic acids is 2. The third kappa shape index (κ3) is 7.55. The van der Waals surface area contributed by atoms with E-state index in [-0.39, 0.29) is 39.8 Å². The number of amides is 2. The van der Waals surface area contributed by atoms with Gasteiger partial charge in [0.05, 0.1) is 17.7 Å². The number of carbonyl (C=O) groups is 2. The molecule has 40 heavy (non-hydrogen) atoms. The van der Waals surface area contributed by atoms with Crippen molar-refractivity contribution >= 4 is 39.1 Å². The highest BCUT2D eigenvalue weighted by Crippen LogP contribution is 2.35. The molecule has 2 amide bonds. The number of hydrogen-bond acceptors (Lipinski definition) is 5. The topological polar surface area (TPSA) is 96.0 Å².